The van der Waals surface area contributed by atoms with Gasteiger partial charge in [-0.3, -0.25) is 9.59 Å². The molecule has 0 N–H and O–H groups in total. The second kappa shape index (κ2) is 8.92. The second-order valence-electron chi connectivity index (χ2n) is 7.58. The van der Waals surface area contributed by atoms with Gasteiger partial charge in [-0.05, 0) is 39.7 Å². The van der Waals surface area contributed by atoms with Gasteiger partial charge >= 0.3 is 0 Å². The maximum absolute atomic E-state index is 13.3. The summed E-state index contributed by atoms with van der Waals surface area (Å²) < 4.78 is 0.934. The van der Waals surface area contributed by atoms with Gasteiger partial charge in [0.05, 0.1) is 5.56 Å². The van der Waals surface area contributed by atoms with E-state index in [0.717, 1.165) is 15.6 Å². The van der Waals surface area contributed by atoms with Gasteiger partial charge < -0.3 is 4.90 Å². The zero-order valence-electron chi connectivity index (χ0n) is 17.5. The summed E-state index contributed by atoms with van der Waals surface area (Å²) in [7, 11) is 0. The van der Waals surface area contributed by atoms with Crippen molar-refractivity contribution in [3.63, 3.8) is 0 Å². The summed E-state index contributed by atoms with van der Waals surface area (Å²) in [4.78, 5) is 37.5. The van der Waals surface area contributed by atoms with E-state index in [1.54, 1.807) is 48.5 Å². The molecule has 2 aliphatic heterocycles. The molecule has 0 spiro atoms. The molecule has 2 aliphatic rings. The number of nitrogens with zero attached hydrogens (tertiary/aromatic N) is 3. The van der Waals surface area contributed by atoms with E-state index >= 15 is 0 Å². The number of fused-ring (bicyclic) bond motifs is 2. The molecule has 2 heterocycles. The first-order valence-electron chi connectivity index (χ1n) is 10.4. The highest BCUT2D eigenvalue weighted by atomic mass is 79.9. The Balaban J connectivity index is 1.59. The Bertz CT molecular complexity index is 1390. The highest BCUT2D eigenvalue weighted by Crippen LogP contribution is 2.24. The topological polar surface area (TPSA) is 62.1 Å². The maximum Gasteiger partial charge on any atom is 0.279 e. The molecule has 0 bridgehead atoms. The minimum atomic E-state index is -0.506. The van der Waals surface area contributed by atoms with Crippen LogP contribution in [0, 0.1) is 0 Å². The third kappa shape index (κ3) is 4.25. The Morgan fingerprint density at radius 3 is 2.36 bits per heavy atom. The molecule has 0 saturated heterocycles. The van der Waals surface area contributed by atoms with Crippen LogP contribution in [0.25, 0.3) is 0 Å². The van der Waals surface area contributed by atoms with E-state index in [4.69, 9.17) is 4.99 Å². The first kappa shape index (κ1) is 21.0. The fourth-order valence-corrected chi connectivity index (χ4v) is 4.20. The molecular weight excluding hydrogens is 478 g/mol. The first-order valence-corrected chi connectivity index (χ1v) is 11.2. The van der Waals surface area contributed by atoms with Crippen molar-refractivity contribution in [3.8, 4) is 0 Å². The van der Waals surface area contributed by atoms with Gasteiger partial charge in [0, 0.05) is 33.9 Å². The quantitative estimate of drug-likeness (QED) is 0.449. The molecule has 0 fully saturated rings. The maximum atomic E-state index is 13.3. The molecule has 0 saturated carbocycles. The molecule has 5 rings (SSSR count). The molecule has 160 valence electrons. The van der Waals surface area contributed by atoms with Crippen molar-refractivity contribution in [2.24, 2.45) is 9.98 Å². The average molecular weight is 496 g/mol. The monoisotopic (exact) mass is 495 g/mol. The molecule has 3 aromatic rings. The third-order valence-corrected chi connectivity index (χ3v) is 5.90. The molecule has 0 aliphatic carbocycles. The SMILES string of the molecule is O=C(N=C1N=C2C=CC(Br)=CN2Cc2ccccc21)c1ccccc1C(=O)c1ccccc1. The lowest BCUT2D eigenvalue weighted by molar-refractivity contribution is 0.0983. The van der Waals surface area contributed by atoms with Crippen LogP contribution in [0.3, 0.4) is 0 Å². The largest absolute Gasteiger partial charge is 0.327 e. The Labute approximate surface area is 199 Å². The number of aliphatic imine (C=N–C) groups is 2. The fourth-order valence-electron chi connectivity index (χ4n) is 3.82. The van der Waals surface area contributed by atoms with Crippen molar-refractivity contribution in [1.29, 1.82) is 0 Å². The molecule has 5 nitrogen and oxygen atoms in total. The van der Waals surface area contributed by atoms with Crippen molar-refractivity contribution in [1.82, 2.24) is 4.90 Å². The summed E-state index contributed by atoms with van der Waals surface area (Å²) in [5.41, 5.74) is 2.88. The van der Waals surface area contributed by atoms with Gasteiger partial charge in [-0.15, -0.1) is 0 Å². The van der Waals surface area contributed by atoms with E-state index in [1.165, 1.54) is 0 Å². The van der Waals surface area contributed by atoms with Crippen molar-refractivity contribution < 1.29 is 9.59 Å². The van der Waals surface area contributed by atoms with Gasteiger partial charge in [0.1, 0.15) is 5.84 Å². The number of hydrogen-bond acceptors (Lipinski definition) is 3. The number of amides is 1. The van der Waals surface area contributed by atoms with Crippen LogP contribution in [0.1, 0.15) is 37.4 Å². The van der Waals surface area contributed by atoms with Crippen molar-refractivity contribution in [2.75, 3.05) is 0 Å². The van der Waals surface area contributed by atoms with E-state index in [1.807, 2.05) is 53.6 Å². The Hall–Kier alpha value is -3.90. The smallest absolute Gasteiger partial charge is 0.279 e. The third-order valence-electron chi connectivity index (χ3n) is 5.43. The number of carbonyl (C=O) groups is 2. The summed E-state index contributed by atoms with van der Waals surface area (Å²) >= 11 is 3.50. The Kier molecular flexibility index (Phi) is 5.67. The van der Waals surface area contributed by atoms with E-state index < -0.39 is 5.91 Å². The average Bonchev–Trinajstić information content (AvgIpc) is 3.00. The number of carbonyl (C=O) groups excluding carboxylic acids is 2. The summed E-state index contributed by atoms with van der Waals surface area (Å²) in [5.74, 6) is 0.290. The lowest BCUT2D eigenvalue weighted by Crippen LogP contribution is -2.24. The summed E-state index contributed by atoms with van der Waals surface area (Å²) in [6.07, 6.45) is 5.73. The normalized spacial score (nSPS) is 15.8. The van der Waals surface area contributed by atoms with Gasteiger partial charge in [0.15, 0.2) is 11.6 Å². The van der Waals surface area contributed by atoms with Gasteiger partial charge in [-0.2, -0.15) is 4.99 Å². The van der Waals surface area contributed by atoms with E-state index in [9.17, 15) is 9.59 Å². The zero-order chi connectivity index (χ0) is 22.8. The van der Waals surface area contributed by atoms with E-state index in [2.05, 4.69) is 20.9 Å². The Morgan fingerprint density at radius 2 is 1.55 bits per heavy atom. The summed E-state index contributed by atoms with van der Waals surface area (Å²) in [5, 5.41) is 0. The van der Waals surface area contributed by atoms with Crippen LogP contribution >= 0.6 is 15.9 Å². The number of ketones is 1. The van der Waals surface area contributed by atoms with Crippen LogP contribution in [0.15, 0.2) is 112 Å². The molecule has 1 amide bonds. The fraction of sp³-hybridized carbons (Fsp3) is 0.0370. The highest BCUT2D eigenvalue weighted by molar-refractivity contribution is 9.11. The van der Waals surface area contributed by atoms with Crippen molar-refractivity contribution in [3.05, 3.63) is 130 Å². The van der Waals surface area contributed by atoms with Crippen LogP contribution in [0.2, 0.25) is 0 Å². The second-order valence-corrected chi connectivity index (χ2v) is 8.50. The van der Waals surface area contributed by atoms with Crippen LogP contribution in [0.4, 0.5) is 0 Å². The minimum Gasteiger partial charge on any atom is -0.327 e. The molecule has 0 radical (unpaired) electrons. The number of allylic oxidation sites excluding steroid dienone is 2. The number of halogens is 1. The molecule has 33 heavy (non-hydrogen) atoms. The van der Waals surface area contributed by atoms with Gasteiger partial charge in [-0.25, -0.2) is 4.99 Å². The van der Waals surface area contributed by atoms with Gasteiger partial charge in [0.2, 0.25) is 0 Å². The predicted molar refractivity (Wildman–Crippen MR) is 133 cm³/mol. The number of hydrogen-bond donors (Lipinski definition) is 0. The first-order chi connectivity index (χ1) is 16.1. The van der Waals surface area contributed by atoms with Gasteiger partial charge in [0.25, 0.3) is 5.91 Å². The Morgan fingerprint density at radius 1 is 0.848 bits per heavy atom. The molecule has 0 aromatic heterocycles. The number of rotatable bonds is 3. The lowest BCUT2D eigenvalue weighted by Gasteiger charge is -2.21. The molecule has 6 heteroatoms. The van der Waals surface area contributed by atoms with Crippen molar-refractivity contribution in [2.45, 2.75) is 6.54 Å². The van der Waals surface area contributed by atoms with E-state index in [-0.39, 0.29) is 11.3 Å². The van der Waals surface area contributed by atoms with Gasteiger partial charge in [-0.1, -0.05) is 72.8 Å². The van der Waals surface area contributed by atoms with Crippen LogP contribution in [-0.4, -0.2) is 28.3 Å². The number of benzene rings is 3. The van der Waals surface area contributed by atoms with Crippen LogP contribution in [0.5, 0.6) is 0 Å². The van der Waals surface area contributed by atoms with E-state index in [0.29, 0.717) is 29.3 Å². The van der Waals surface area contributed by atoms with Crippen LogP contribution in [-0.2, 0) is 6.54 Å². The predicted octanol–water partition coefficient (Wildman–Crippen LogP) is 5.52. The van der Waals surface area contributed by atoms with Crippen molar-refractivity contribution >= 4 is 39.3 Å². The molecule has 0 unspecified atom stereocenters. The number of amidine groups is 2. The molecular formula is C27H18BrN3O2. The standard InChI is InChI=1S/C27H18BrN3O2/c28-20-14-15-24-29-26(21-11-5-4-10-19(21)16-31(24)17-20)30-27(33)23-13-7-6-12-22(23)25(32)18-8-2-1-3-9-18/h1-15,17H,16H2. The summed E-state index contributed by atoms with van der Waals surface area (Å²) in [6.45, 7) is 0.602. The summed E-state index contributed by atoms with van der Waals surface area (Å²) in [6, 6.07) is 23.4. The zero-order valence-corrected chi connectivity index (χ0v) is 19.1. The highest BCUT2D eigenvalue weighted by Gasteiger charge is 2.23. The molecule has 0 atom stereocenters. The minimum absolute atomic E-state index is 0.219. The molecule has 3 aromatic carbocycles. The lowest BCUT2D eigenvalue weighted by atomic mass is 9.98. The van der Waals surface area contributed by atoms with Crippen LogP contribution < -0.4 is 0 Å².